The fourth-order valence-electron chi connectivity index (χ4n) is 4.10. The Kier molecular flexibility index (Phi) is 5.70. The maximum Gasteiger partial charge on any atom is 0.314 e. The Hall–Kier alpha value is -3.49. The third-order valence-corrected chi connectivity index (χ3v) is 6.03. The number of nitrogens with one attached hydrogen (secondary N) is 1. The van der Waals surface area contributed by atoms with Crippen molar-refractivity contribution in [1.82, 2.24) is 19.7 Å². The molecule has 33 heavy (non-hydrogen) atoms. The van der Waals surface area contributed by atoms with Crippen LogP contribution in [0.1, 0.15) is 28.7 Å². The lowest BCUT2D eigenvalue weighted by Crippen LogP contribution is -2.06. The van der Waals surface area contributed by atoms with Crippen LogP contribution < -0.4 is 0 Å². The first-order chi connectivity index (χ1) is 16.0. The monoisotopic (exact) mass is 472 g/mol. The first-order valence-corrected chi connectivity index (χ1v) is 11.4. The minimum Gasteiger partial charge on any atom is -0.348 e. The highest BCUT2D eigenvalue weighted by Crippen LogP contribution is 2.31. The van der Waals surface area contributed by atoms with Crippen LogP contribution in [0, 0.1) is 4.84 Å². The minimum atomic E-state index is -0.261. The van der Waals surface area contributed by atoms with Gasteiger partial charge in [-0.3, -0.25) is 4.79 Å². The first-order valence-electron chi connectivity index (χ1n) is 10.5. The molecule has 3 aromatic carbocycles. The summed E-state index contributed by atoms with van der Waals surface area (Å²) in [5.41, 5.74) is 6.29. The Labute approximate surface area is 200 Å². The second kappa shape index (κ2) is 8.80. The van der Waals surface area contributed by atoms with E-state index >= 15 is 0 Å². The van der Waals surface area contributed by atoms with Crippen LogP contribution in [0.3, 0.4) is 0 Å². The predicted molar refractivity (Wildman–Crippen MR) is 134 cm³/mol. The summed E-state index contributed by atoms with van der Waals surface area (Å²) in [6.45, 7) is 2.67. The Morgan fingerprint density at radius 3 is 2.45 bits per heavy atom. The molecule has 0 radical (unpaired) electrons. The zero-order valence-corrected chi connectivity index (χ0v) is 19.5. The number of rotatable bonds is 6. The van der Waals surface area contributed by atoms with Crippen LogP contribution in [0.5, 0.6) is 0 Å². The first kappa shape index (κ1) is 21.4. The predicted octanol–water partition coefficient (Wildman–Crippen LogP) is 6.10. The van der Waals surface area contributed by atoms with Gasteiger partial charge >= 0.3 is 4.84 Å². The number of hydrogen-bond donors (Lipinski definition) is 2. The molecule has 1 N–H and O–H groups in total. The summed E-state index contributed by atoms with van der Waals surface area (Å²) in [4.78, 5) is 21.3. The third kappa shape index (κ3) is 4.03. The molecule has 0 bridgehead atoms. The molecular formula is C25H20N4O2S2. The van der Waals surface area contributed by atoms with E-state index in [1.165, 1.54) is 0 Å². The van der Waals surface area contributed by atoms with Gasteiger partial charge in [0.2, 0.25) is 5.12 Å². The topological polar surface area (TPSA) is 76.7 Å². The number of aromatic amines is 1. The van der Waals surface area contributed by atoms with E-state index in [2.05, 4.69) is 58.5 Å². The average Bonchev–Trinajstić information content (AvgIpc) is 3.43. The van der Waals surface area contributed by atoms with Gasteiger partial charge in [-0.15, -0.1) is 12.6 Å². The molecule has 0 spiro atoms. The minimum absolute atomic E-state index is 0.175. The van der Waals surface area contributed by atoms with Gasteiger partial charge in [0.15, 0.2) is 5.82 Å². The number of carbonyl (C=O) groups is 1. The number of aryl methyl sites for hydroxylation is 1. The number of hydrogen-bond acceptors (Lipinski definition) is 5. The molecule has 0 aliphatic carbocycles. The van der Waals surface area contributed by atoms with Crippen LogP contribution in [0.15, 0.2) is 71.3 Å². The van der Waals surface area contributed by atoms with Crippen molar-refractivity contribution in [3.8, 4) is 22.5 Å². The number of aromatic nitrogens is 4. The molecule has 0 saturated heterocycles. The van der Waals surface area contributed by atoms with Gasteiger partial charge in [0.1, 0.15) is 5.82 Å². The SMILES string of the molecule is CCc1nc2cccc(C(=O)S)c2n1Cc1ccc(-c2ccccc2-c2nc(=S)o[nH]2)cc1. The normalized spacial score (nSPS) is 11.2. The zero-order valence-electron chi connectivity index (χ0n) is 17.8. The molecular weight excluding hydrogens is 452 g/mol. The highest BCUT2D eigenvalue weighted by Gasteiger charge is 2.16. The van der Waals surface area contributed by atoms with Crippen LogP contribution in [0.4, 0.5) is 0 Å². The van der Waals surface area contributed by atoms with Crippen LogP contribution in [-0.4, -0.2) is 24.8 Å². The van der Waals surface area contributed by atoms with E-state index in [4.69, 9.17) is 21.7 Å². The van der Waals surface area contributed by atoms with Crippen molar-refractivity contribution < 1.29 is 9.32 Å². The van der Waals surface area contributed by atoms with Crippen molar-refractivity contribution in [2.24, 2.45) is 0 Å². The smallest absolute Gasteiger partial charge is 0.314 e. The summed E-state index contributed by atoms with van der Waals surface area (Å²) in [7, 11) is 0. The Balaban J connectivity index is 1.52. The quantitative estimate of drug-likeness (QED) is 0.231. The van der Waals surface area contributed by atoms with E-state index < -0.39 is 0 Å². The van der Waals surface area contributed by atoms with Crippen molar-refractivity contribution in [2.75, 3.05) is 0 Å². The average molecular weight is 473 g/mol. The summed E-state index contributed by atoms with van der Waals surface area (Å²) < 4.78 is 7.22. The number of fused-ring (bicyclic) bond motifs is 1. The van der Waals surface area contributed by atoms with Crippen LogP contribution >= 0.6 is 24.8 Å². The number of imidazole rings is 1. The van der Waals surface area contributed by atoms with Crippen molar-refractivity contribution in [2.45, 2.75) is 19.9 Å². The summed E-state index contributed by atoms with van der Waals surface area (Å²) >= 11 is 9.07. The van der Waals surface area contributed by atoms with E-state index in [1.807, 2.05) is 36.4 Å². The van der Waals surface area contributed by atoms with Gasteiger partial charge in [0, 0.05) is 18.5 Å². The van der Waals surface area contributed by atoms with Crippen LogP contribution in [-0.2, 0) is 13.0 Å². The molecule has 0 fully saturated rings. The van der Waals surface area contributed by atoms with Gasteiger partial charge in [-0.1, -0.05) is 61.5 Å². The molecule has 164 valence electrons. The van der Waals surface area contributed by atoms with E-state index in [0.717, 1.165) is 45.5 Å². The van der Waals surface area contributed by atoms with E-state index in [9.17, 15) is 4.79 Å². The largest absolute Gasteiger partial charge is 0.348 e. The lowest BCUT2D eigenvalue weighted by molar-refractivity contribution is 0.109. The zero-order chi connectivity index (χ0) is 22.9. The van der Waals surface area contributed by atoms with Gasteiger partial charge in [0.05, 0.1) is 16.6 Å². The van der Waals surface area contributed by atoms with Crippen molar-refractivity contribution in [3.05, 3.63) is 88.5 Å². The number of H-pyrrole nitrogens is 1. The van der Waals surface area contributed by atoms with Crippen LogP contribution in [0.2, 0.25) is 0 Å². The van der Waals surface area contributed by atoms with Gasteiger partial charge in [-0.2, -0.15) is 4.98 Å². The lowest BCUT2D eigenvalue weighted by atomic mass is 9.98. The molecule has 2 aromatic heterocycles. The highest BCUT2D eigenvalue weighted by molar-refractivity contribution is 7.97. The molecule has 0 saturated carbocycles. The van der Waals surface area contributed by atoms with Crippen molar-refractivity contribution >= 4 is 41.0 Å². The second-order valence-corrected chi connectivity index (χ2v) is 8.37. The van der Waals surface area contributed by atoms with E-state index in [-0.39, 0.29) is 9.95 Å². The summed E-state index contributed by atoms with van der Waals surface area (Å²) in [6, 6.07) is 21.9. The maximum absolute atomic E-state index is 12.1. The third-order valence-electron chi connectivity index (χ3n) is 5.62. The molecule has 5 aromatic rings. The molecule has 5 rings (SSSR count). The summed E-state index contributed by atoms with van der Waals surface area (Å²) in [5.74, 6) is 1.53. The number of thiol groups is 1. The molecule has 6 nitrogen and oxygen atoms in total. The van der Waals surface area contributed by atoms with Crippen LogP contribution in [0.25, 0.3) is 33.5 Å². The number of para-hydroxylation sites is 1. The van der Waals surface area contributed by atoms with Gasteiger partial charge in [0.25, 0.3) is 0 Å². The van der Waals surface area contributed by atoms with E-state index in [1.54, 1.807) is 6.07 Å². The second-order valence-electron chi connectivity index (χ2n) is 7.62. The van der Waals surface area contributed by atoms with Gasteiger partial charge in [-0.05, 0) is 41.0 Å². The molecule has 0 amide bonds. The molecule has 0 unspecified atom stereocenters. The fraction of sp³-hybridized carbons (Fsp3) is 0.120. The van der Waals surface area contributed by atoms with Crippen molar-refractivity contribution in [3.63, 3.8) is 0 Å². The molecule has 0 aliphatic heterocycles. The standard InChI is InChI=1S/C25H20N4O2S2/c1-2-21-26-20-9-5-8-19(24(30)32)22(20)29(21)14-15-10-12-16(13-11-15)17-6-3-4-7-18(17)23-27-25(33)31-28-23/h3-13H,2,14H2,1H3,(H,30,32)(H,27,28,33). The van der Waals surface area contributed by atoms with Gasteiger partial charge in [-0.25, -0.2) is 10.1 Å². The molecule has 0 aliphatic rings. The Morgan fingerprint density at radius 1 is 1.03 bits per heavy atom. The lowest BCUT2D eigenvalue weighted by Gasteiger charge is -2.12. The van der Waals surface area contributed by atoms with E-state index in [0.29, 0.717) is 17.9 Å². The molecule has 0 atom stereocenters. The molecule has 2 heterocycles. The Morgan fingerprint density at radius 2 is 1.79 bits per heavy atom. The number of carbonyl (C=O) groups excluding carboxylic acids is 1. The Bertz CT molecular complexity index is 1530. The highest BCUT2D eigenvalue weighted by atomic mass is 32.1. The summed E-state index contributed by atoms with van der Waals surface area (Å²) in [6.07, 6.45) is 0.763. The fourth-order valence-corrected chi connectivity index (χ4v) is 4.42. The number of benzene rings is 3. The van der Waals surface area contributed by atoms with Gasteiger partial charge < -0.3 is 9.09 Å². The maximum atomic E-state index is 12.1. The summed E-state index contributed by atoms with van der Waals surface area (Å²) in [5, 5.41) is 2.52. The number of nitrogens with zero attached hydrogens (tertiary/aromatic N) is 3. The molecule has 8 heteroatoms. The van der Waals surface area contributed by atoms with Crippen molar-refractivity contribution in [1.29, 1.82) is 0 Å².